The predicted octanol–water partition coefficient (Wildman–Crippen LogP) is 8.09. The van der Waals surface area contributed by atoms with Gasteiger partial charge in [-0.1, -0.05) is 64.1 Å². The van der Waals surface area contributed by atoms with Gasteiger partial charge in [-0.05, 0) is 113 Å². The summed E-state index contributed by atoms with van der Waals surface area (Å²) in [5.74, 6) is 0.322. The fraction of sp³-hybridized carbons (Fsp3) is 0.404. The molecule has 4 aromatic carbocycles. The van der Waals surface area contributed by atoms with E-state index < -0.39 is 24.3 Å². The van der Waals surface area contributed by atoms with Crippen molar-refractivity contribution in [1.82, 2.24) is 30.4 Å². The smallest absolute Gasteiger partial charge is 0.407 e. The number of fused-ring (bicyclic) bond motifs is 3. The average molecular weight is 812 g/mol. The molecule has 2 fully saturated rings. The molecule has 3 N–H and O–H groups in total. The second kappa shape index (κ2) is 16.8. The van der Waals surface area contributed by atoms with Gasteiger partial charge in [0.2, 0.25) is 11.8 Å². The summed E-state index contributed by atoms with van der Waals surface area (Å²) < 4.78 is 9.58. The normalized spacial score (nSPS) is 18.5. The summed E-state index contributed by atoms with van der Waals surface area (Å²) in [4.78, 5) is 68.6. The van der Waals surface area contributed by atoms with Gasteiger partial charge in [-0.3, -0.25) is 14.6 Å². The number of benzene rings is 4. The third-order valence-electron chi connectivity index (χ3n) is 12.3. The largest absolute Gasteiger partial charge is 0.453 e. The molecule has 0 spiro atoms. The molecule has 312 valence electrons. The molecule has 3 aliphatic heterocycles. The highest BCUT2D eigenvalue weighted by Gasteiger charge is 2.40. The maximum atomic E-state index is 13.7. The highest BCUT2D eigenvalue weighted by molar-refractivity contribution is 6.01. The third-order valence-corrected chi connectivity index (χ3v) is 12.3. The van der Waals surface area contributed by atoms with Crippen molar-refractivity contribution >= 4 is 57.2 Å². The van der Waals surface area contributed by atoms with Crippen LogP contribution in [0.5, 0.6) is 0 Å². The number of hydrogen-bond donors (Lipinski definition) is 3. The number of H-pyrrole nitrogens is 1. The quantitative estimate of drug-likeness (QED) is 0.129. The van der Waals surface area contributed by atoms with Crippen molar-refractivity contribution in [1.29, 1.82) is 0 Å². The van der Waals surface area contributed by atoms with E-state index in [0.717, 1.165) is 92.5 Å². The lowest BCUT2D eigenvalue weighted by molar-refractivity contribution is -0.135. The maximum absolute atomic E-state index is 13.7. The Morgan fingerprint density at radius 1 is 0.683 bits per heavy atom. The number of imidazole rings is 1. The van der Waals surface area contributed by atoms with Crippen molar-refractivity contribution in [2.75, 3.05) is 27.3 Å². The van der Waals surface area contributed by atoms with E-state index in [-0.39, 0.29) is 35.7 Å². The van der Waals surface area contributed by atoms with Crippen LogP contribution in [0, 0.1) is 11.8 Å². The summed E-state index contributed by atoms with van der Waals surface area (Å²) in [5, 5.41) is 7.71. The first-order chi connectivity index (χ1) is 28.9. The van der Waals surface area contributed by atoms with Crippen LogP contribution in [0.4, 0.5) is 15.3 Å². The van der Waals surface area contributed by atoms with Crippen LogP contribution in [0.2, 0.25) is 0 Å². The van der Waals surface area contributed by atoms with Gasteiger partial charge in [0, 0.05) is 25.2 Å². The Bertz CT molecular complexity index is 2510. The molecule has 13 heteroatoms. The van der Waals surface area contributed by atoms with E-state index in [2.05, 4.69) is 82.3 Å². The van der Waals surface area contributed by atoms with Crippen LogP contribution in [0.25, 0.3) is 44.1 Å². The molecular weight excluding hydrogens is 759 g/mol. The van der Waals surface area contributed by atoms with E-state index in [0.29, 0.717) is 19.5 Å². The molecule has 5 aromatic rings. The Labute approximate surface area is 349 Å². The number of hydrogen-bond acceptors (Lipinski definition) is 8. The lowest BCUT2D eigenvalue weighted by Gasteiger charge is -2.30. The molecule has 4 atom stereocenters. The Morgan fingerprint density at radius 3 is 1.78 bits per heavy atom. The summed E-state index contributed by atoms with van der Waals surface area (Å²) >= 11 is 0. The standard InChI is InChI=1S/C47H53N7O6/c1-26(2)41(51-46(57)59-5)44(55)53-19-7-9-39(53)38-25-34-23-32(15-17-35(34)48-38)30-12-11-29-22-31(14-13-28(29)21-30)33-16-18-36-37(24-33)50-43(49-36)40-10-8-20-54(40)45(56)42(27(3)4)52-47(58)60-6/h11-18,21-24,26-27,39-42H,7-10,19-20,25H2,1-6H3,(H,49,50)(H,51,57)(H,52,58)/t39-,40+,41-,42-/m0/s1. The minimum atomic E-state index is -0.689. The number of methoxy groups -OCH3 is 2. The van der Waals surface area contributed by atoms with Gasteiger partial charge < -0.3 is 34.9 Å². The fourth-order valence-corrected chi connectivity index (χ4v) is 9.02. The Kier molecular flexibility index (Phi) is 11.3. The van der Waals surface area contributed by atoms with Crippen LogP contribution >= 0.6 is 0 Å². The third kappa shape index (κ3) is 7.92. The number of ether oxygens (including phenoxy) is 2. The van der Waals surface area contributed by atoms with Gasteiger partial charge in [0.25, 0.3) is 0 Å². The molecule has 4 amide bonds. The lowest BCUT2D eigenvalue weighted by Crippen LogP contribution is -2.53. The van der Waals surface area contributed by atoms with Crippen LogP contribution < -0.4 is 10.6 Å². The van der Waals surface area contributed by atoms with Gasteiger partial charge in [0.15, 0.2) is 0 Å². The highest BCUT2D eigenvalue weighted by atomic mass is 16.5. The summed E-state index contributed by atoms with van der Waals surface area (Å²) in [6.07, 6.45) is 2.82. The van der Waals surface area contributed by atoms with Gasteiger partial charge in [-0.2, -0.15) is 0 Å². The first-order valence-corrected chi connectivity index (χ1v) is 21.0. The summed E-state index contributed by atoms with van der Waals surface area (Å²) in [5.41, 5.74) is 9.18. The number of nitrogens with zero attached hydrogens (tertiary/aromatic N) is 4. The highest BCUT2D eigenvalue weighted by Crippen LogP contribution is 2.37. The molecule has 0 saturated carbocycles. The van der Waals surface area contributed by atoms with Crippen LogP contribution in [0.1, 0.15) is 70.8 Å². The van der Waals surface area contributed by atoms with Crippen LogP contribution in [0.15, 0.2) is 77.8 Å². The van der Waals surface area contributed by atoms with Crippen LogP contribution in [-0.2, 0) is 25.5 Å². The van der Waals surface area contributed by atoms with E-state index in [1.165, 1.54) is 14.2 Å². The topological polar surface area (TPSA) is 158 Å². The number of nitrogens with one attached hydrogen (secondary N) is 3. The number of carbonyl (C=O) groups excluding carboxylic acids is 4. The molecule has 13 nitrogen and oxygen atoms in total. The zero-order valence-corrected chi connectivity index (χ0v) is 35.1. The Hall–Kier alpha value is -6.24. The zero-order chi connectivity index (χ0) is 42.2. The number of alkyl carbamates (subject to hydrolysis) is 2. The van der Waals surface area contributed by atoms with E-state index >= 15 is 0 Å². The van der Waals surface area contributed by atoms with E-state index in [1.807, 2.05) is 43.6 Å². The van der Waals surface area contributed by atoms with Crippen LogP contribution in [0.3, 0.4) is 0 Å². The maximum Gasteiger partial charge on any atom is 0.407 e. The second-order valence-corrected chi connectivity index (χ2v) is 16.8. The van der Waals surface area contributed by atoms with Crippen molar-refractivity contribution in [2.45, 2.75) is 84.0 Å². The van der Waals surface area contributed by atoms with Crippen molar-refractivity contribution in [3.05, 3.63) is 84.2 Å². The molecule has 0 bridgehead atoms. The molecule has 60 heavy (non-hydrogen) atoms. The van der Waals surface area contributed by atoms with E-state index in [9.17, 15) is 19.2 Å². The number of aromatic amines is 1. The molecule has 0 radical (unpaired) electrons. The Balaban J connectivity index is 0.965. The van der Waals surface area contributed by atoms with E-state index in [1.54, 1.807) is 0 Å². The first kappa shape index (κ1) is 40.5. The number of amides is 4. The average Bonchev–Trinajstić information content (AvgIpc) is 4.08. The fourth-order valence-electron chi connectivity index (χ4n) is 9.02. The number of aromatic nitrogens is 2. The molecule has 2 saturated heterocycles. The number of likely N-dealkylation sites (tertiary alicyclic amines) is 2. The SMILES string of the molecule is COC(=O)N[C@H](C(=O)N1CCC[C@@H]1c1nc2ccc(-c3ccc4cc(-c5ccc6c(c5)CC([C@@H]5CCCN5C(=O)[C@@H](NC(=O)OC)C(C)C)=N6)ccc4c3)cc2[nH]1)C(C)C. The summed E-state index contributed by atoms with van der Waals surface area (Å²) in [6.45, 7) is 8.90. The van der Waals surface area contributed by atoms with Gasteiger partial charge in [0.05, 0.1) is 43.0 Å². The predicted molar refractivity (Wildman–Crippen MR) is 232 cm³/mol. The summed E-state index contributed by atoms with van der Waals surface area (Å²) in [7, 11) is 2.60. The number of aliphatic imine (C=N–C) groups is 1. The van der Waals surface area contributed by atoms with E-state index in [4.69, 9.17) is 19.5 Å². The first-order valence-electron chi connectivity index (χ1n) is 21.0. The molecule has 4 heterocycles. The van der Waals surface area contributed by atoms with Crippen molar-refractivity contribution < 1.29 is 28.7 Å². The van der Waals surface area contributed by atoms with Crippen molar-refractivity contribution in [3.63, 3.8) is 0 Å². The van der Waals surface area contributed by atoms with Crippen molar-refractivity contribution in [2.24, 2.45) is 16.8 Å². The van der Waals surface area contributed by atoms with Gasteiger partial charge >= 0.3 is 12.2 Å². The second-order valence-electron chi connectivity index (χ2n) is 16.8. The zero-order valence-electron chi connectivity index (χ0n) is 35.1. The molecule has 0 aliphatic carbocycles. The minimum absolute atomic E-state index is 0.0878. The van der Waals surface area contributed by atoms with Gasteiger partial charge in [-0.15, -0.1) is 0 Å². The molecular formula is C47H53N7O6. The van der Waals surface area contributed by atoms with Gasteiger partial charge in [-0.25, -0.2) is 14.6 Å². The monoisotopic (exact) mass is 811 g/mol. The number of rotatable bonds is 10. The molecule has 1 aromatic heterocycles. The molecule has 8 rings (SSSR count). The van der Waals surface area contributed by atoms with Crippen LogP contribution in [-0.4, -0.2) is 94.9 Å². The summed E-state index contributed by atoms with van der Waals surface area (Å²) in [6, 6.07) is 24.0. The molecule has 0 unspecified atom stereocenters. The Morgan fingerprint density at radius 2 is 1.20 bits per heavy atom. The minimum Gasteiger partial charge on any atom is -0.453 e. The number of carbonyl (C=O) groups is 4. The van der Waals surface area contributed by atoms with Gasteiger partial charge in [0.1, 0.15) is 17.9 Å². The van der Waals surface area contributed by atoms with Crippen molar-refractivity contribution in [3.8, 4) is 22.3 Å². The molecule has 3 aliphatic rings. The lowest BCUT2D eigenvalue weighted by atomic mass is 9.95.